The van der Waals surface area contributed by atoms with Crippen molar-refractivity contribution in [3.8, 4) is 6.07 Å². The highest BCUT2D eigenvalue weighted by Crippen LogP contribution is 2.35. The fourth-order valence-corrected chi connectivity index (χ4v) is 5.23. The third kappa shape index (κ3) is 6.22. The van der Waals surface area contributed by atoms with Gasteiger partial charge < -0.3 is 10.2 Å². The molecule has 8 heteroatoms. The van der Waals surface area contributed by atoms with Crippen molar-refractivity contribution in [3.05, 3.63) is 95.8 Å². The lowest BCUT2D eigenvalue weighted by Gasteiger charge is -2.23. The molecule has 1 amide bonds. The Kier molecular flexibility index (Phi) is 7.91. The number of thiazole rings is 1. The van der Waals surface area contributed by atoms with E-state index in [1.165, 1.54) is 11.3 Å². The van der Waals surface area contributed by atoms with Gasteiger partial charge in [-0.25, -0.2) is 9.97 Å². The number of anilines is 2. The molecule has 0 saturated carbocycles. The van der Waals surface area contributed by atoms with E-state index >= 15 is 0 Å². The molecule has 0 atom stereocenters. The molecule has 2 aromatic carbocycles. The van der Waals surface area contributed by atoms with Gasteiger partial charge in [0.2, 0.25) is 0 Å². The molecular formula is C26H23N5OS2. The van der Waals surface area contributed by atoms with Crippen molar-refractivity contribution < 1.29 is 4.79 Å². The number of carbonyl (C=O) groups is 1. The summed E-state index contributed by atoms with van der Waals surface area (Å²) >= 11 is 3.09. The van der Waals surface area contributed by atoms with Crippen LogP contribution in [-0.2, 0) is 6.54 Å². The summed E-state index contributed by atoms with van der Waals surface area (Å²) in [5, 5.41) is 13.0. The Morgan fingerprint density at radius 2 is 1.94 bits per heavy atom. The van der Waals surface area contributed by atoms with Crippen LogP contribution in [0.15, 0.2) is 88.2 Å². The van der Waals surface area contributed by atoms with Gasteiger partial charge in [0.1, 0.15) is 5.82 Å². The van der Waals surface area contributed by atoms with Gasteiger partial charge in [0.25, 0.3) is 5.91 Å². The van der Waals surface area contributed by atoms with Crippen molar-refractivity contribution in [2.45, 2.75) is 29.0 Å². The van der Waals surface area contributed by atoms with Crippen LogP contribution in [0.4, 0.5) is 10.9 Å². The molecule has 4 rings (SSSR count). The number of rotatable bonds is 9. The summed E-state index contributed by atoms with van der Waals surface area (Å²) in [7, 11) is 0. The fourth-order valence-electron chi connectivity index (χ4n) is 3.33. The lowest BCUT2D eigenvalue weighted by atomic mass is 10.1. The molecular weight excluding hydrogens is 462 g/mol. The predicted molar refractivity (Wildman–Crippen MR) is 136 cm³/mol. The first-order valence-electron chi connectivity index (χ1n) is 10.7. The van der Waals surface area contributed by atoms with Crippen molar-refractivity contribution in [2.75, 3.05) is 11.9 Å². The van der Waals surface area contributed by atoms with Gasteiger partial charge in [0.05, 0.1) is 22.9 Å². The SMILES string of the molecule is Cc1ccc(Sc2cnc(Nc3ccccn3)s2)cc1C(=O)N(CCC#N)Cc1ccccc1. The molecule has 4 aromatic rings. The summed E-state index contributed by atoms with van der Waals surface area (Å²) in [4.78, 5) is 24.9. The number of nitriles is 1. The van der Waals surface area contributed by atoms with Crippen LogP contribution in [0.2, 0.25) is 0 Å². The van der Waals surface area contributed by atoms with E-state index in [4.69, 9.17) is 5.26 Å². The summed E-state index contributed by atoms with van der Waals surface area (Å²) in [6, 6.07) is 23.6. The third-order valence-corrected chi connectivity index (χ3v) is 7.04. The standard InChI is InChI=1S/C26H23N5OS2/c1-19-11-12-21(33-24-17-29-26(34-24)30-23-10-5-6-14-28-23)16-22(19)25(32)31(15-7-13-27)18-20-8-3-2-4-9-20/h2-6,8-12,14,16-17H,7,15,18H2,1H3,(H,28,29,30). The summed E-state index contributed by atoms with van der Waals surface area (Å²) < 4.78 is 1.01. The summed E-state index contributed by atoms with van der Waals surface area (Å²) in [6.45, 7) is 2.79. The number of hydrogen-bond donors (Lipinski definition) is 1. The normalized spacial score (nSPS) is 10.5. The molecule has 0 saturated heterocycles. The zero-order valence-corrected chi connectivity index (χ0v) is 20.3. The van der Waals surface area contributed by atoms with Crippen LogP contribution in [0.1, 0.15) is 27.9 Å². The quantitative estimate of drug-likeness (QED) is 0.300. The van der Waals surface area contributed by atoms with Crippen molar-refractivity contribution in [1.29, 1.82) is 5.26 Å². The van der Waals surface area contributed by atoms with Crippen LogP contribution in [0.5, 0.6) is 0 Å². The van der Waals surface area contributed by atoms with Crippen molar-refractivity contribution in [3.63, 3.8) is 0 Å². The number of benzene rings is 2. The highest BCUT2D eigenvalue weighted by Gasteiger charge is 2.19. The number of nitrogens with zero attached hydrogens (tertiary/aromatic N) is 4. The Labute approximate surface area is 207 Å². The number of carbonyl (C=O) groups excluding carboxylic acids is 1. The molecule has 2 heterocycles. The Morgan fingerprint density at radius 1 is 1.12 bits per heavy atom. The smallest absolute Gasteiger partial charge is 0.254 e. The zero-order chi connectivity index (χ0) is 23.8. The maximum absolute atomic E-state index is 13.5. The number of aryl methyl sites for hydroxylation is 1. The molecule has 2 aromatic heterocycles. The lowest BCUT2D eigenvalue weighted by molar-refractivity contribution is 0.0746. The molecule has 1 N–H and O–H groups in total. The Balaban J connectivity index is 1.50. The molecule has 0 aliphatic carbocycles. The summed E-state index contributed by atoms with van der Waals surface area (Å²) in [6.07, 6.45) is 3.84. The van der Waals surface area contributed by atoms with Gasteiger partial charge in [-0.05, 0) is 42.3 Å². The highest BCUT2D eigenvalue weighted by atomic mass is 32.2. The first-order chi connectivity index (χ1) is 16.6. The molecule has 0 radical (unpaired) electrons. The van der Waals surface area contributed by atoms with E-state index in [-0.39, 0.29) is 5.91 Å². The van der Waals surface area contributed by atoms with Crippen LogP contribution < -0.4 is 5.32 Å². The molecule has 6 nitrogen and oxygen atoms in total. The van der Waals surface area contributed by atoms with E-state index in [0.29, 0.717) is 25.1 Å². The van der Waals surface area contributed by atoms with Crippen LogP contribution in [-0.4, -0.2) is 27.3 Å². The van der Waals surface area contributed by atoms with Crippen molar-refractivity contribution in [1.82, 2.24) is 14.9 Å². The van der Waals surface area contributed by atoms with Gasteiger partial charge in [-0.15, -0.1) is 0 Å². The zero-order valence-electron chi connectivity index (χ0n) is 18.6. The fraction of sp³-hybridized carbons (Fsp3) is 0.154. The second kappa shape index (κ2) is 11.5. The second-order valence-corrected chi connectivity index (χ2v) is 9.93. The Morgan fingerprint density at radius 3 is 2.71 bits per heavy atom. The first kappa shape index (κ1) is 23.5. The molecule has 0 unspecified atom stereocenters. The molecule has 0 bridgehead atoms. The molecule has 0 aliphatic rings. The third-order valence-electron chi connectivity index (χ3n) is 5.04. The number of amides is 1. The summed E-state index contributed by atoms with van der Waals surface area (Å²) in [5.74, 6) is 0.674. The second-order valence-electron chi connectivity index (χ2n) is 7.52. The van der Waals surface area contributed by atoms with E-state index in [1.54, 1.807) is 22.9 Å². The summed E-state index contributed by atoms with van der Waals surface area (Å²) in [5.41, 5.74) is 2.59. The van der Waals surface area contributed by atoms with E-state index in [1.807, 2.05) is 79.9 Å². The van der Waals surface area contributed by atoms with Gasteiger partial charge in [-0.1, -0.05) is 65.6 Å². The molecule has 34 heavy (non-hydrogen) atoms. The average Bonchev–Trinajstić information content (AvgIpc) is 3.30. The minimum absolute atomic E-state index is 0.0686. The molecule has 170 valence electrons. The Bertz CT molecular complexity index is 1290. The highest BCUT2D eigenvalue weighted by molar-refractivity contribution is 8.01. The average molecular weight is 486 g/mol. The van der Waals surface area contributed by atoms with Gasteiger partial charge >= 0.3 is 0 Å². The number of aromatic nitrogens is 2. The molecule has 0 aliphatic heterocycles. The van der Waals surface area contributed by atoms with Gasteiger partial charge in [0, 0.05) is 29.7 Å². The largest absolute Gasteiger partial charge is 0.333 e. The first-order valence-corrected chi connectivity index (χ1v) is 12.4. The van der Waals surface area contributed by atoms with Gasteiger partial charge in [-0.2, -0.15) is 5.26 Å². The minimum Gasteiger partial charge on any atom is -0.333 e. The lowest BCUT2D eigenvalue weighted by Crippen LogP contribution is -2.32. The van der Waals surface area contributed by atoms with Gasteiger partial charge in [0.15, 0.2) is 5.13 Å². The van der Waals surface area contributed by atoms with E-state index in [2.05, 4.69) is 21.4 Å². The predicted octanol–water partition coefficient (Wildman–Crippen LogP) is 6.30. The van der Waals surface area contributed by atoms with Crippen molar-refractivity contribution >= 4 is 40.0 Å². The maximum Gasteiger partial charge on any atom is 0.254 e. The Hall–Kier alpha value is -3.67. The van der Waals surface area contributed by atoms with E-state index < -0.39 is 0 Å². The van der Waals surface area contributed by atoms with Crippen LogP contribution >= 0.6 is 23.1 Å². The van der Waals surface area contributed by atoms with Crippen LogP contribution in [0.3, 0.4) is 0 Å². The monoisotopic (exact) mass is 485 g/mol. The number of pyridine rings is 1. The van der Waals surface area contributed by atoms with E-state index in [0.717, 1.165) is 31.2 Å². The minimum atomic E-state index is -0.0686. The van der Waals surface area contributed by atoms with Gasteiger partial charge in [-0.3, -0.25) is 4.79 Å². The topological polar surface area (TPSA) is 81.9 Å². The number of nitrogens with one attached hydrogen (secondary N) is 1. The van der Waals surface area contributed by atoms with Crippen LogP contribution in [0.25, 0.3) is 0 Å². The van der Waals surface area contributed by atoms with Crippen LogP contribution in [0, 0.1) is 18.3 Å². The number of hydrogen-bond acceptors (Lipinski definition) is 7. The maximum atomic E-state index is 13.5. The van der Waals surface area contributed by atoms with Crippen molar-refractivity contribution in [2.24, 2.45) is 0 Å². The molecule has 0 spiro atoms. The van der Waals surface area contributed by atoms with E-state index in [9.17, 15) is 4.79 Å². The molecule has 0 fully saturated rings.